The molecular formula is C23H24ClN3O4. The van der Waals surface area contributed by atoms with Crippen LogP contribution in [-0.2, 0) is 22.4 Å². The minimum absolute atomic E-state index is 0.232. The Kier molecular flexibility index (Phi) is 6.32. The quantitative estimate of drug-likeness (QED) is 0.525. The first kappa shape index (κ1) is 21.1. The zero-order chi connectivity index (χ0) is 21.8. The Hall–Kier alpha value is -3.19. The van der Waals surface area contributed by atoms with Gasteiger partial charge in [0.2, 0.25) is 11.8 Å². The fourth-order valence-electron chi connectivity index (χ4n) is 3.74. The molecule has 162 valence electrons. The molecule has 0 saturated heterocycles. The van der Waals surface area contributed by atoms with E-state index in [1.54, 1.807) is 0 Å². The maximum absolute atomic E-state index is 12.8. The molecule has 1 atom stereocenters. The van der Waals surface area contributed by atoms with E-state index in [1.165, 1.54) is 6.92 Å². The number of benzene rings is 2. The number of rotatable bonds is 7. The molecule has 3 N–H and O–H groups in total. The van der Waals surface area contributed by atoms with Crippen LogP contribution in [0.4, 0.5) is 0 Å². The predicted octanol–water partition coefficient (Wildman–Crippen LogP) is 3.00. The van der Waals surface area contributed by atoms with E-state index in [0.29, 0.717) is 49.1 Å². The summed E-state index contributed by atoms with van der Waals surface area (Å²) in [6.45, 7) is 2.77. The number of carbonyl (C=O) groups excluding carboxylic acids is 2. The van der Waals surface area contributed by atoms with Gasteiger partial charge in [-0.2, -0.15) is 0 Å². The van der Waals surface area contributed by atoms with Crippen LogP contribution in [-0.4, -0.2) is 42.6 Å². The van der Waals surface area contributed by atoms with E-state index < -0.39 is 6.04 Å². The Balaban J connectivity index is 1.40. The molecule has 7 nitrogen and oxygen atoms in total. The first-order valence-corrected chi connectivity index (χ1v) is 10.6. The van der Waals surface area contributed by atoms with Crippen LogP contribution in [0.3, 0.4) is 0 Å². The van der Waals surface area contributed by atoms with Crippen LogP contribution in [0, 0.1) is 0 Å². The molecule has 1 unspecified atom stereocenters. The molecule has 1 aliphatic heterocycles. The lowest BCUT2D eigenvalue weighted by Crippen LogP contribution is -2.47. The van der Waals surface area contributed by atoms with Crippen molar-refractivity contribution in [3.8, 4) is 11.5 Å². The van der Waals surface area contributed by atoms with Gasteiger partial charge in [-0.1, -0.05) is 29.8 Å². The van der Waals surface area contributed by atoms with Crippen molar-refractivity contribution in [3.05, 3.63) is 58.7 Å². The van der Waals surface area contributed by atoms with Crippen LogP contribution in [0.5, 0.6) is 11.5 Å². The number of hydrogen-bond acceptors (Lipinski definition) is 4. The normalized spacial score (nSPS) is 13.6. The minimum Gasteiger partial charge on any atom is -0.486 e. The van der Waals surface area contributed by atoms with Gasteiger partial charge in [0, 0.05) is 37.0 Å². The van der Waals surface area contributed by atoms with E-state index in [4.69, 9.17) is 21.1 Å². The van der Waals surface area contributed by atoms with Gasteiger partial charge in [-0.15, -0.1) is 0 Å². The topological polar surface area (TPSA) is 92.5 Å². The number of aromatic nitrogens is 1. The molecule has 0 radical (unpaired) electrons. The summed E-state index contributed by atoms with van der Waals surface area (Å²) in [6.07, 6.45) is 2.84. The maximum Gasteiger partial charge on any atom is 0.242 e. The number of hydrogen-bond donors (Lipinski definition) is 3. The monoisotopic (exact) mass is 441 g/mol. The van der Waals surface area contributed by atoms with E-state index in [1.807, 2.05) is 42.6 Å². The third-order valence-electron chi connectivity index (χ3n) is 5.16. The number of aromatic amines is 1. The van der Waals surface area contributed by atoms with Gasteiger partial charge >= 0.3 is 0 Å². The molecule has 0 bridgehead atoms. The summed E-state index contributed by atoms with van der Waals surface area (Å²) in [5.41, 5.74) is 2.90. The zero-order valence-corrected chi connectivity index (χ0v) is 17.9. The van der Waals surface area contributed by atoms with Crippen molar-refractivity contribution in [2.24, 2.45) is 0 Å². The van der Waals surface area contributed by atoms with Crippen molar-refractivity contribution in [3.63, 3.8) is 0 Å². The maximum atomic E-state index is 12.8. The highest BCUT2D eigenvalue weighted by Crippen LogP contribution is 2.38. The first-order chi connectivity index (χ1) is 15.0. The number of halogens is 1. The average Bonchev–Trinajstić information content (AvgIpc) is 3.16. The summed E-state index contributed by atoms with van der Waals surface area (Å²) < 4.78 is 11.1. The number of ether oxygens (including phenoxy) is 2. The second kappa shape index (κ2) is 9.31. The lowest BCUT2D eigenvalue weighted by molar-refractivity contribution is -0.128. The number of amides is 2. The van der Waals surface area contributed by atoms with Crippen LogP contribution in [0.2, 0.25) is 5.02 Å². The number of para-hydroxylation sites is 1. The molecule has 0 fully saturated rings. The summed E-state index contributed by atoms with van der Waals surface area (Å²) in [7, 11) is 0. The van der Waals surface area contributed by atoms with E-state index in [9.17, 15) is 9.59 Å². The standard InChI is InChI=1S/C23H24ClN3O4/c1-14(28)27-20(12-16-13-26-19-5-3-2-4-17(16)19)23(29)25-7-6-15-10-18(24)22-21(11-15)30-8-9-31-22/h2-5,10-11,13,20,26H,6-9,12H2,1H3,(H,25,29)(H,27,28). The Labute approximate surface area is 185 Å². The van der Waals surface area contributed by atoms with Crippen molar-refractivity contribution in [2.75, 3.05) is 19.8 Å². The summed E-state index contributed by atoms with van der Waals surface area (Å²) >= 11 is 6.28. The number of H-pyrrole nitrogens is 1. The van der Waals surface area contributed by atoms with Gasteiger partial charge in [-0.05, 0) is 35.7 Å². The van der Waals surface area contributed by atoms with Gasteiger partial charge in [0.05, 0.1) is 5.02 Å². The second-order valence-corrected chi connectivity index (χ2v) is 7.87. The zero-order valence-electron chi connectivity index (χ0n) is 17.2. The van der Waals surface area contributed by atoms with Crippen LogP contribution in [0.15, 0.2) is 42.6 Å². The molecule has 2 amide bonds. The van der Waals surface area contributed by atoms with E-state index in [-0.39, 0.29) is 11.8 Å². The van der Waals surface area contributed by atoms with E-state index >= 15 is 0 Å². The van der Waals surface area contributed by atoms with Gasteiger partial charge < -0.3 is 25.1 Å². The number of fused-ring (bicyclic) bond motifs is 2. The second-order valence-electron chi connectivity index (χ2n) is 7.46. The van der Waals surface area contributed by atoms with Crippen molar-refractivity contribution < 1.29 is 19.1 Å². The fourth-order valence-corrected chi connectivity index (χ4v) is 4.02. The van der Waals surface area contributed by atoms with Gasteiger partial charge in [-0.3, -0.25) is 9.59 Å². The molecule has 1 aliphatic rings. The van der Waals surface area contributed by atoms with Crippen molar-refractivity contribution in [1.29, 1.82) is 0 Å². The molecule has 3 aromatic rings. The molecule has 1 aromatic heterocycles. The smallest absolute Gasteiger partial charge is 0.242 e. The molecule has 0 spiro atoms. The predicted molar refractivity (Wildman–Crippen MR) is 119 cm³/mol. The Bertz CT molecular complexity index is 1110. The van der Waals surface area contributed by atoms with Crippen LogP contribution in [0.1, 0.15) is 18.1 Å². The summed E-state index contributed by atoms with van der Waals surface area (Å²) in [6, 6.07) is 10.9. The molecule has 0 aliphatic carbocycles. The molecule has 8 heteroatoms. The Morgan fingerprint density at radius 1 is 1.19 bits per heavy atom. The van der Waals surface area contributed by atoms with Crippen LogP contribution >= 0.6 is 11.6 Å². The van der Waals surface area contributed by atoms with Crippen molar-refractivity contribution >= 4 is 34.3 Å². The van der Waals surface area contributed by atoms with Crippen molar-refractivity contribution in [1.82, 2.24) is 15.6 Å². The largest absolute Gasteiger partial charge is 0.486 e. The van der Waals surface area contributed by atoms with E-state index in [0.717, 1.165) is 22.0 Å². The lowest BCUT2D eigenvalue weighted by Gasteiger charge is -2.20. The highest BCUT2D eigenvalue weighted by molar-refractivity contribution is 6.32. The Morgan fingerprint density at radius 3 is 2.84 bits per heavy atom. The number of carbonyl (C=O) groups is 2. The highest BCUT2D eigenvalue weighted by atomic mass is 35.5. The first-order valence-electron chi connectivity index (χ1n) is 10.2. The molecule has 2 aromatic carbocycles. The third kappa shape index (κ3) is 4.94. The molecule has 0 saturated carbocycles. The van der Waals surface area contributed by atoms with E-state index in [2.05, 4.69) is 15.6 Å². The molecular weight excluding hydrogens is 418 g/mol. The van der Waals surface area contributed by atoms with Gasteiger partial charge in [0.25, 0.3) is 0 Å². The Morgan fingerprint density at radius 2 is 2.00 bits per heavy atom. The molecule has 31 heavy (non-hydrogen) atoms. The summed E-state index contributed by atoms with van der Waals surface area (Å²) in [5.74, 6) is 0.698. The SMILES string of the molecule is CC(=O)NC(Cc1c[nH]c2ccccc12)C(=O)NCCc1cc(Cl)c2c(c1)OCCO2. The molecule has 4 rings (SSSR count). The summed E-state index contributed by atoms with van der Waals surface area (Å²) in [4.78, 5) is 27.7. The van der Waals surface area contributed by atoms with Gasteiger partial charge in [0.15, 0.2) is 11.5 Å². The average molecular weight is 442 g/mol. The van der Waals surface area contributed by atoms with Gasteiger partial charge in [-0.25, -0.2) is 0 Å². The number of nitrogens with one attached hydrogen (secondary N) is 3. The van der Waals surface area contributed by atoms with Gasteiger partial charge in [0.1, 0.15) is 19.3 Å². The fraction of sp³-hybridized carbons (Fsp3) is 0.304. The summed E-state index contributed by atoms with van der Waals surface area (Å²) in [5, 5.41) is 7.21. The minimum atomic E-state index is -0.666. The lowest BCUT2D eigenvalue weighted by atomic mass is 10.0. The molecule has 2 heterocycles. The van der Waals surface area contributed by atoms with Crippen LogP contribution in [0.25, 0.3) is 10.9 Å². The van der Waals surface area contributed by atoms with Crippen molar-refractivity contribution in [2.45, 2.75) is 25.8 Å². The highest BCUT2D eigenvalue weighted by Gasteiger charge is 2.22. The third-order valence-corrected chi connectivity index (χ3v) is 5.44. The van der Waals surface area contributed by atoms with Crippen LogP contribution < -0.4 is 20.1 Å².